The zero-order valence-electron chi connectivity index (χ0n) is 20.9. The third-order valence-corrected chi connectivity index (χ3v) is 7.78. The third kappa shape index (κ3) is 4.99. The summed E-state index contributed by atoms with van der Waals surface area (Å²) < 4.78 is 0. The fraction of sp³-hybridized carbons (Fsp3) is 0.333. The van der Waals surface area contributed by atoms with E-state index in [2.05, 4.69) is 36.5 Å². The van der Waals surface area contributed by atoms with Crippen LogP contribution < -0.4 is 10.2 Å². The number of amides is 2. The maximum atomic E-state index is 13.1. The first-order valence-electron chi connectivity index (χ1n) is 12.9. The van der Waals surface area contributed by atoms with E-state index in [9.17, 15) is 19.7 Å². The van der Waals surface area contributed by atoms with Gasteiger partial charge in [-0.1, -0.05) is 67.6 Å². The number of rotatable bonds is 8. The SMILES string of the molecule is CC1CCC2C(=O)N(c3ccc(NCCC(c4ccccc4)c4ccccc4)c([N+](=O)[O-])c3)C(=O)C2C1. The molecule has 1 N–H and O–H groups in total. The van der Waals surface area contributed by atoms with Crippen LogP contribution in [0.25, 0.3) is 0 Å². The van der Waals surface area contributed by atoms with Crippen molar-refractivity contribution in [2.24, 2.45) is 17.8 Å². The van der Waals surface area contributed by atoms with Crippen LogP contribution in [0.1, 0.15) is 49.7 Å². The number of nitro benzene ring substituents is 1. The number of hydrogen-bond donors (Lipinski definition) is 1. The highest BCUT2D eigenvalue weighted by Gasteiger charge is 2.50. The Kier molecular flexibility index (Phi) is 7.04. The molecule has 3 aromatic carbocycles. The third-order valence-electron chi connectivity index (χ3n) is 7.78. The fourth-order valence-electron chi connectivity index (χ4n) is 5.85. The summed E-state index contributed by atoms with van der Waals surface area (Å²) in [7, 11) is 0. The van der Waals surface area contributed by atoms with Crippen molar-refractivity contribution < 1.29 is 14.5 Å². The smallest absolute Gasteiger partial charge is 0.294 e. The molecule has 1 aliphatic carbocycles. The Morgan fingerprint density at radius 2 is 1.54 bits per heavy atom. The van der Waals surface area contributed by atoms with Crippen molar-refractivity contribution in [3.63, 3.8) is 0 Å². The van der Waals surface area contributed by atoms with Gasteiger partial charge in [0.05, 0.1) is 22.4 Å². The number of fused-ring (bicyclic) bond motifs is 1. The molecular weight excluding hydrogens is 466 g/mol. The van der Waals surface area contributed by atoms with Gasteiger partial charge in [0.2, 0.25) is 11.8 Å². The van der Waals surface area contributed by atoms with E-state index in [1.54, 1.807) is 12.1 Å². The van der Waals surface area contributed by atoms with E-state index in [4.69, 9.17) is 0 Å². The normalized spacial score (nSPS) is 21.2. The Hall–Kier alpha value is -4.00. The van der Waals surface area contributed by atoms with Gasteiger partial charge >= 0.3 is 0 Å². The minimum Gasteiger partial charge on any atom is -0.379 e. The first kappa shape index (κ1) is 24.7. The predicted molar refractivity (Wildman–Crippen MR) is 143 cm³/mol. The van der Waals surface area contributed by atoms with Gasteiger partial charge in [0.1, 0.15) is 5.69 Å². The molecule has 7 nitrogen and oxygen atoms in total. The number of carbonyl (C=O) groups excluding carboxylic acids is 2. The summed E-state index contributed by atoms with van der Waals surface area (Å²) in [6.07, 6.45) is 3.04. The molecule has 0 spiro atoms. The summed E-state index contributed by atoms with van der Waals surface area (Å²) in [5.74, 6) is -0.557. The minimum atomic E-state index is -0.460. The van der Waals surface area contributed by atoms with Gasteiger partial charge in [-0.15, -0.1) is 0 Å². The maximum Gasteiger partial charge on any atom is 0.294 e. The second-order valence-electron chi connectivity index (χ2n) is 10.2. The molecule has 5 rings (SSSR count). The molecule has 2 fully saturated rings. The molecule has 0 aromatic heterocycles. The average Bonchev–Trinajstić information content (AvgIpc) is 3.16. The lowest BCUT2D eigenvalue weighted by atomic mass is 9.76. The molecule has 2 aliphatic rings. The molecule has 1 heterocycles. The summed E-state index contributed by atoms with van der Waals surface area (Å²) in [4.78, 5) is 38.8. The number of hydrogen-bond acceptors (Lipinski definition) is 5. The lowest BCUT2D eigenvalue weighted by molar-refractivity contribution is -0.383. The Labute approximate surface area is 216 Å². The molecule has 2 amide bonds. The van der Waals surface area contributed by atoms with Crippen molar-refractivity contribution >= 4 is 28.9 Å². The van der Waals surface area contributed by atoms with Crippen LogP contribution in [0.2, 0.25) is 0 Å². The van der Waals surface area contributed by atoms with Crippen molar-refractivity contribution in [3.8, 4) is 0 Å². The van der Waals surface area contributed by atoms with E-state index in [1.165, 1.54) is 22.1 Å². The average molecular weight is 498 g/mol. The van der Waals surface area contributed by atoms with Gasteiger partial charge in [0, 0.05) is 18.5 Å². The molecule has 0 bridgehead atoms. The van der Waals surface area contributed by atoms with Crippen LogP contribution >= 0.6 is 0 Å². The molecule has 37 heavy (non-hydrogen) atoms. The van der Waals surface area contributed by atoms with Crippen LogP contribution in [-0.4, -0.2) is 23.3 Å². The summed E-state index contributed by atoms with van der Waals surface area (Å²) in [6, 6.07) is 25.0. The molecule has 190 valence electrons. The van der Waals surface area contributed by atoms with Gasteiger partial charge in [-0.2, -0.15) is 0 Å². The van der Waals surface area contributed by atoms with E-state index in [0.29, 0.717) is 31.0 Å². The van der Waals surface area contributed by atoms with Gasteiger partial charge in [-0.05, 0) is 54.9 Å². The van der Waals surface area contributed by atoms with Crippen molar-refractivity contribution in [1.29, 1.82) is 0 Å². The second-order valence-corrected chi connectivity index (χ2v) is 10.2. The highest BCUT2D eigenvalue weighted by Crippen LogP contribution is 2.43. The Bertz CT molecular complexity index is 1260. The Morgan fingerprint density at radius 1 is 0.919 bits per heavy atom. The molecule has 3 atom stereocenters. The van der Waals surface area contributed by atoms with Crippen molar-refractivity contribution in [3.05, 3.63) is 100 Å². The summed E-state index contributed by atoms with van der Waals surface area (Å²) >= 11 is 0. The molecule has 7 heteroatoms. The van der Waals surface area contributed by atoms with Crippen LogP contribution in [0.3, 0.4) is 0 Å². The maximum absolute atomic E-state index is 13.1. The quantitative estimate of drug-likeness (QED) is 0.229. The standard InChI is InChI=1S/C30H31N3O4/c1-20-12-14-25-26(18-20)30(35)32(29(25)34)23-13-15-27(28(19-23)33(36)37)31-17-16-24(21-8-4-2-5-9-21)22-10-6-3-7-11-22/h2-11,13,15,19-20,24-26,31H,12,14,16-18H2,1H3. The van der Waals surface area contributed by atoms with E-state index in [1.807, 2.05) is 36.4 Å². The van der Waals surface area contributed by atoms with Crippen LogP contribution in [-0.2, 0) is 9.59 Å². The fourth-order valence-corrected chi connectivity index (χ4v) is 5.85. The first-order valence-corrected chi connectivity index (χ1v) is 12.9. The molecular formula is C30H31N3O4. The summed E-state index contributed by atoms with van der Waals surface area (Å²) in [6.45, 7) is 2.61. The van der Waals surface area contributed by atoms with Crippen LogP contribution in [0.4, 0.5) is 17.1 Å². The van der Waals surface area contributed by atoms with Gasteiger partial charge in [-0.3, -0.25) is 19.7 Å². The second kappa shape index (κ2) is 10.5. The van der Waals surface area contributed by atoms with Gasteiger partial charge < -0.3 is 5.32 Å². The van der Waals surface area contributed by atoms with Crippen molar-refractivity contribution in [1.82, 2.24) is 0 Å². The number of nitro groups is 1. The van der Waals surface area contributed by atoms with Gasteiger partial charge in [0.15, 0.2) is 0 Å². The number of carbonyl (C=O) groups is 2. The number of nitrogens with one attached hydrogen (secondary N) is 1. The number of imide groups is 1. The topological polar surface area (TPSA) is 92.6 Å². The lowest BCUT2D eigenvalue weighted by Gasteiger charge is -2.25. The van der Waals surface area contributed by atoms with E-state index in [0.717, 1.165) is 12.8 Å². The summed E-state index contributed by atoms with van der Waals surface area (Å²) in [5.41, 5.74) is 2.88. The number of anilines is 2. The summed E-state index contributed by atoms with van der Waals surface area (Å²) in [5, 5.41) is 15.2. The molecule has 1 saturated carbocycles. The molecule has 1 aliphatic heterocycles. The van der Waals surface area contributed by atoms with Crippen molar-refractivity contribution in [2.45, 2.75) is 38.5 Å². The zero-order valence-corrected chi connectivity index (χ0v) is 20.9. The zero-order chi connectivity index (χ0) is 25.9. The number of benzene rings is 3. The van der Waals surface area contributed by atoms with Crippen molar-refractivity contribution in [2.75, 3.05) is 16.8 Å². The Morgan fingerprint density at radius 3 is 2.16 bits per heavy atom. The largest absolute Gasteiger partial charge is 0.379 e. The molecule has 1 saturated heterocycles. The predicted octanol–water partition coefficient (Wildman–Crippen LogP) is 6.15. The molecule has 3 unspecified atom stereocenters. The van der Waals surface area contributed by atoms with Crippen LogP contribution in [0.15, 0.2) is 78.9 Å². The van der Waals surface area contributed by atoms with E-state index < -0.39 is 4.92 Å². The Balaban J connectivity index is 1.34. The first-order chi connectivity index (χ1) is 17.9. The van der Waals surface area contributed by atoms with Gasteiger partial charge in [-0.25, -0.2) is 4.90 Å². The molecule has 0 radical (unpaired) electrons. The van der Waals surface area contributed by atoms with E-state index in [-0.39, 0.29) is 40.9 Å². The minimum absolute atomic E-state index is 0.138. The lowest BCUT2D eigenvalue weighted by Crippen LogP contribution is -2.31. The highest BCUT2D eigenvalue weighted by molar-refractivity contribution is 6.22. The number of nitrogens with zero attached hydrogens (tertiary/aromatic N) is 2. The van der Waals surface area contributed by atoms with Gasteiger partial charge in [0.25, 0.3) is 5.69 Å². The molecule has 3 aromatic rings. The van der Waals surface area contributed by atoms with E-state index >= 15 is 0 Å². The monoisotopic (exact) mass is 497 g/mol. The highest BCUT2D eigenvalue weighted by atomic mass is 16.6. The van der Waals surface area contributed by atoms with Crippen LogP contribution in [0.5, 0.6) is 0 Å². The van der Waals surface area contributed by atoms with Crippen LogP contribution in [0, 0.1) is 27.9 Å².